The van der Waals surface area contributed by atoms with Gasteiger partial charge in [-0.15, -0.1) is 0 Å². The van der Waals surface area contributed by atoms with Crippen molar-refractivity contribution >= 4 is 5.91 Å². The van der Waals surface area contributed by atoms with E-state index < -0.39 is 0 Å². The number of carbonyl (C=O) groups excluding carboxylic acids is 1. The van der Waals surface area contributed by atoms with Gasteiger partial charge >= 0.3 is 0 Å². The molecule has 1 saturated heterocycles. The normalized spacial score (nSPS) is 38.1. The molecule has 0 radical (unpaired) electrons. The van der Waals surface area contributed by atoms with Crippen LogP contribution in [-0.4, -0.2) is 29.9 Å². The zero-order valence-electron chi connectivity index (χ0n) is 9.61. The van der Waals surface area contributed by atoms with E-state index in [1.807, 2.05) is 0 Å². The number of carbonyl (C=O) groups is 1. The molecular weight excluding hydrogens is 188 g/mol. The molecule has 0 bridgehead atoms. The molecule has 3 atom stereocenters. The smallest absolute Gasteiger partial charge is 0.221 e. The topological polar surface area (TPSA) is 46.3 Å². The van der Waals surface area contributed by atoms with Gasteiger partial charge in [0.05, 0.1) is 5.92 Å². The minimum atomic E-state index is -0.106. The Morgan fingerprint density at radius 2 is 2.13 bits per heavy atom. The van der Waals surface area contributed by atoms with Crippen LogP contribution >= 0.6 is 0 Å². The fourth-order valence-electron chi connectivity index (χ4n) is 3.08. The zero-order valence-corrected chi connectivity index (χ0v) is 9.61. The zero-order chi connectivity index (χ0) is 10.8. The average molecular weight is 210 g/mol. The quantitative estimate of drug-likeness (QED) is 0.748. The molecule has 15 heavy (non-hydrogen) atoms. The van der Waals surface area contributed by atoms with Crippen LogP contribution in [0.1, 0.15) is 39.0 Å². The number of amides is 1. The van der Waals surface area contributed by atoms with E-state index in [0.717, 1.165) is 31.3 Å². The predicted octanol–water partition coefficient (Wildman–Crippen LogP) is 1.37. The minimum Gasteiger partial charge on any atom is -0.369 e. The van der Waals surface area contributed by atoms with Crippen molar-refractivity contribution in [2.45, 2.75) is 45.1 Å². The van der Waals surface area contributed by atoms with E-state index in [1.54, 1.807) is 0 Å². The molecule has 1 heterocycles. The molecular formula is C12H22N2O. The number of nitrogens with two attached hydrogens (primary N) is 1. The summed E-state index contributed by atoms with van der Waals surface area (Å²) in [6.07, 6.45) is 6.10. The number of primary amides is 1. The molecule has 3 heteroatoms. The summed E-state index contributed by atoms with van der Waals surface area (Å²) < 4.78 is 0. The first-order valence-corrected chi connectivity index (χ1v) is 6.20. The molecule has 0 unspecified atom stereocenters. The number of hydrogen-bond acceptors (Lipinski definition) is 2. The van der Waals surface area contributed by atoms with Gasteiger partial charge in [0.1, 0.15) is 0 Å². The highest BCUT2D eigenvalue weighted by atomic mass is 16.1. The highest BCUT2D eigenvalue weighted by Crippen LogP contribution is 2.31. The molecule has 3 nitrogen and oxygen atoms in total. The molecule has 0 aromatic carbocycles. The molecule has 0 spiro atoms. The fraction of sp³-hybridized carbons (Fsp3) is 0.917. The third kappa shape index (κ3) is 2.51. The van der Waals surface area contributed by atoms with Gasteiger partial charge in [-0.05, 0) is 44.6 Å². The van der Waals surface area contributed by atoms with Crippen LogP contribution in [0.4, 0.5) is 0 Å². The number of nitrogens with zero attached hydrogens (tertiary/aromatic N) is 1. The Bertz CT molecular complexity index is 242. The predicted molar refractivity (Wildman–Crippen MR) is 60.3 cm³/mol. The molecule has 86 valence electrons. The van der Waals surface area contributed by atoms with Gasteiger partial charge in [0.2, 0.25) is 5.91 Å². The molecule has 2 N–H and O–H groups in total. The monoisotopic (exact) mass is 210 g/mol. The first-order valence-electron chi connectivity index (χ1n) is 6.20. The van der Waals surface area contributed by atoms with E-state index in [1.165, 1.54) is 25.8 Å². The number of piperidine rings is 1. The van der Waals surface area contributed by atoms with Crippen molar-refractivity contribution in [1.29, 1.82) is 0 Å². The SMILES string of the molecule is C[C@@H]1CC[C@@H](N2CCC[C@H](C(N)=O)C2)C1. The van der Waals surface area contributed by atoms with Gasteiger partial charge in [-0.3, -0.25) is 9.69 Å². The van der Waals surface area contributed by atoms with Crippen LogP contribution < -0.4 is 5.73 Å². The van der Waals surface area contributed by atoms with Gasteiger partial charge < -0.3 is 5.73 Å². The van der Waals surface area contributed by atoms with Crippen molar-refractivity contribution in [3.05, 3.63) is 0 Å². The van der Waals surface area contributed by atoms with Gasteiger partial charge in [0.25, 0.3) is 0 Å². The molecule has 1 saturated carbocycles. The number of rotatable bonds is 2. The Kier molecular flexibility index (Phi) is 3.29. The van der Waals surface area contributed by atoms with E-state index in [4.69, 9.17) is 5.73 Å². The Morgan fingerprint density at radius 3 is 2.73 bits per heavy atom. The lowest BCUT2D eigenvalue weighted by Gasteiger charge is -2.35. The van der Waals surface area contributed by atoms with Crippen LogP contribution in [0.5, 0.6) is 0 Å². The second-order valence-corrected chi connectivity index (χ2v) is 5.31. The third-order valence-corrected chi connectivity index (χ3v) is 4.04. The van der Waals surface area contributed by atoms with Gasteiger partial charge in [0, 0.05) is 12.6 Å². The van der Waals surface area contributed by atoms with Crippen molar-refractivity contribution < 1.29 is 4.79 Å². The van der Waals surface area contributed by atoms with Crippen molar-refractivity contribution in [3.8, 4) is 0 Å². The van der Waals surface area contributed by atoms with E-state index in [9.17, 15) is 4.79 Å². The summed E-state index contributed by atoms with van der Waals surface area (Å²) in [5.74, 6) is 0.865. The number of likely N-dealkylation sites (tertiary alicyclic amines) is 1. The van der Waals surface area contributed by atoms with Crippen LogP contribution in [0, 0.1) is 11.8 Å². The minimum absolute atomic E-state index is 0.106. The van der Waals surface area contributed by atoms with Crippen LogP contribution in [0.15, 0.2) is 0 Å². The Hall–Kier alpha value is -0.570. The van der Waals surface area contributed by atoms with Crippen LogP contribution in [0.3, 0.4) is 0 Å². The van der Waals surface area contributed by atoms with Crippen molar-refractivity contribution in [2.24, 2.45) is 17.6 Å². The maximum absolute atomic E-state index is 11.2. The lowest BCUT2D eigenvalue weighted by molar-refractivity contribution is -0.123. The first kappa shape index (κ1) is 10.9. The van der Waals surface area contributed by atoms with E-state index in [-0.39, 0.29) is 11.8 Å². The van der Waals surface area contributed by atoms with Crippen molar-refractivity contribution in [3.63, 3.8) is 0 Å². The molecule has 1 aliphatic carbocycles. The fourth-order valence-corrected chi connectivity index (χ4v) is 3.08. The molecule has 0 aromatic rings. The maximum atomic E-state index is 11.2. The second kappa shape index (κ2) is 4.52. The van der Waals surface area contributed by atoms with Gasteiger partial charge in [-0.2, -0.15) is 0 Å². The molecule has 1 aliphatic heterocycles. The van der Waals surface area contributed by atoms with Crippen LogP contribution in [0.2, 0.25) is 0 Å². The van der Waals surface area contributed by atoms with Crippen LogP contribution in [0.25, 0.3) is 0 Å². The highest BCUT2D eigenvalue weighted by Gasteiger charge is 2.31. The summed E-state index contributed by atoms with van der Waals surface area (Å²) in [5, 5.41) is 0. The summed E-state index contributed by atoms with van der Waals surface area (Å²) in [4.78, 5) is 13.7. The Labute approximate surface area is 92.0 Å². The lowest BCUT2D eigenvalue weighted by Crippen LogP contribution is -2.45. The third-order valence-electron chi connectivity index (χ3n) is 4.04. The standard InChI is InChI=1S/C12H22N2O/c1-9-4-5-11(7-9)14-6-2-3-10(8-14)12(13)15/h9-11H,2-8H2,1H3,(H2,13,15)/t9-,10+,11-/m1/s1. The average Bonchev–Trinajstić information content (AvgIpc) is 2.65. The Morgan fingerprint density at radius 1 is 1.33 bits per heavy atom. The van der Waals surface area contributed by atoms with E-state index in [2.05, 4.69) is 11.8 Å². The molecule has 2 aliphatic rings. The Balaban J connectivity index is 1.90. The van der Waals surface area contributed by atoms with Crippen LogP contribution in [-0.2, 0) is 4.79 Å². The second-order valence-electron chi connectivity index (χ2n) is 5.31. The maximum Gasteiger partial charge on any atom is 0.221 e. The highest BCUT2D eigenvalue weighted by molar-refractivity contribution is 5.76. The van der Waals surface area contributed by atoms with Crippen molar-refractivity contribution in [1.82, 2.24) is 4.90 Å². The summed E-state index contributed by atoms with van der Waals surface area (Å²) in [6.45, 7) is 4.41. The summed E-state index contributed by atoms with van der Waals surface area (Å²) in [5.41, 5.74) is 5.39. The summed E-state index contributed by atoms with van der Waals surface area (Å²) >= 11 is 0. The van der Waals surface area contributed by atoms with Gasteiger partial charge in [0.15, 0.2) is 0 Å². The van der Waals surface area contributed by atoms with Gasteiger partial charge in [-0.1, -0.05) is 6.92 Å². The lowest BCUT2D eigenvalue weighted by atomic mass is 9.95. The summed E-state index contributed by atoms with van der Waals surface area (Å²) in [6, 6.07) is 0.724. The molecule has 2 rings (SSSR count). The molecule has 0 aromatic heterocycles. The summed E-state index contributed by atoms with van der Waals surface area (Å²) in [7, 11) is 0. The van der Waals surface area contributed by atoms with E-state index >= 15 is 0 Å². The van der Waals surface area contributed by atoms with Gasteiger partial charge in [-0.25, -0.2) is 0 Å². The van der Waals surface area contributed by atoms with E-state index in [0.29, 0.717) is 0 Å². The largest absolute Gasteiger partial charge is 0.369 e. The molecule has 1 amide bonds. The van der Waals surface area contributed by atoms with Crippen molar-refractivity contribution in [2.75, 3.05) is 13.1 Å². The first-order chi connectivity index (χ1) is 7.16. The number of hydrogen-bond donors (Lipinski definition) is 1. The molecule has 2 fully saturated rings.